The number of hydrogen-bond donors (Lipinski definition) is 0. The fraction of sp³-hybridized carbons (Fsp3) is 0.250. The highest BCUT2D eigenvalue weighted by atomic mass is 16.7. The van der Waals surface area contributed by atoms with Gasteiger partial charge in [0.15, 0.2) is 13.6 Å². The van der Waals surface area contributed by atoms with Crippen LogP contribution in [0.15, 0.2) is 48.5 Å². The van der Waals surface area contributed by atoms with Crippen molar-refractivity contribution in [1.29, 1.82) is 0 Å². The first-order chi connectivity index (χ1) is 10.3. The lowest BCUT2D eigenvalue weighted by atomic mass is 10.3. The second-order valence-corrected chi connectivity index (χ2v) is 4.15. The molecule has 0 radical (unpaired) electrons. The van der Waals surface area contributed by atoms with Crippen LogP contribution in [0.1, 0.15) is 0 Å². The monoisotopic (exact) mass is 290 g/mol. The first-order valence-corrected chi connectivity index (χ1v) is 6.43. The summed E-state index contributed by atoms with van der Waals surface area (Å²) in [6, 6.07) is 14.6. The van der Waals surface area contributed by atoms with E-state index in [0.29, 0.717) is 0 Å². The van der Waals surface area contributed by atoms with Crippen LogP contribution < -0.4 is 14.2 Å². The van der Waals surface area contributed by atoms with Crippen LogP contribution in [0.2, 0.25) is 0 Å². The predicted molar refractivity (Wildman–Crippen MR) is 78.0 cm³/mol. The molecule has 2 aromatic rings. The molecule has 0 fully saturated rings. The Morgan fingerprint density at radius 3 is 1.24 bits per heavy atom. The number of benzene rings is 2. The zero-order chi connectivity index (χ0) is 14.9. The van der Waals surface area contributed by atoms with Crippen molar-refractivity contribution in [2.24, 2.45) is 0 Å². The fourth-order valence-corrected chi connectivity index (χ4v) is 1.60. The van der Waals surface area contributed by atoms with E-state index in [2.05, 4.69) is 0 Å². The molecular weight excluding hydrogens is 272 g/mol. The third kappa shape index (κ3) is 4.98. The molecule has 0 atom stereocenters. The molecule has 2 rings (SSSR count). The molecule has 0 bridgehead atoms. The number of rotatable bonds is 8. The number of ether oxygens (including phenoxy) is 5. The Labute approximate surface area is 124 Å². The predicted octanol–water partition coefficient (Wildman–Crippen LogP) is 3.44. The normalized spacial score (nSPS) is 10.2. The van der Waals surface area contributed by atoms with E-state index in [1.54, 1.807) is 14.2 Å². The third-order valence-electron chi connectivity index (χ3n) is 2.57. The van der Waals surface area contributed by atoms with Crippen LogP contribution in [-0.4, -0.2) is 27.8 Å². The maximum absolute atomic E-state index is 5.72. The molecule has 0 spiro atoms. The van der Waals surface area contributed by atoms with Gasteiger partial charge in [-0.15, -0.1) is 0 Å². The largest absolute Gasteiger partial charge is 0.468 e. The van der Waals surface area contributed by atoms with Gasteiger partial charge in [0.25, 0.3) is 0 Å². The van der Waals surface area contributed by atoms with Gasteiger partial charge in [-0.1, -0.05) is 0 Å². The van der Waals surface area contributed by atoms with Crippen molar-refractivity contribution in [3.05, 3.63) is 48.5 Å². The quantitative estimate of drug-likeness (QED) is 0.697. The zero-order valence-corrected chi connectivity index (χ0v) is 12.1. The summed E-state index contributed by atoms with van der Waals surface area (Å²) in [7, 11) is 3.16. The molecule has 0 unspecified atom stereocenters. The molecule has 0 heterocycles. The number of methoxy groups -OCH3 is 2. The van der Waals surface area contributed by atoms with Crippen molar-refractivity contribution in [3.8, 4) is 23.0 Å². The lowest BCUT2D eigenvalue weighted by Gasteiger charge is -2.09. The Morgan fingerprint density at radius 1 is 0.571 bits per heavy atom. The SMILES string of the molecule is COCOc1ccc(Oc2ccc(OCOC)cc2)cc1. The summed E-state index contributed by atoms with van der Waals surface area (Å²) in [5.41, 5.74) is 0. The molecule has 112 valence electrons. The summed E-state index contributed by atoms with van der Waals surface area (Å²) in [4.78, 5) is 0. The third-order valence-corrected chi connectivity index (χ3v) is 2.57. The van der Waals surface area contributed by atoms with Gasteiger partial charge in [-0.05, 0) is 48.5 Å². The van der Waals surface area contributed by atoms with E-state index in [1.807, 2.05) is 48.5 Å². The van der Waals surface area contributed by atoms with E-state index in [-0.39, 0.29) is 13.6 Å². The molecule has 0 saturated heterocycles. The first kappa shape index (κ1) is 15.2. The lowest BCUT2D eigenvalue weighted by Crippen LogP contribution is -1.98. The summed E-state index contributed by atoms with van der Waals surface area (Å²) in [6.45, 7) is 0.451. The minimum absolute atomic E-state index is 0.225. The first-order valence-electron chi connectivity index (χ1n) is 6.43. The molecular formula is C16H18O5. The van der Waals surface area contributed by atoms with Crippen LogP contribution in [0, 0.1) is 0 Å². The average Bonchev–Trinajstić information content (AvgIpc) is 2.53. The van der Waals surface area contributed by atoms with Gasteiger partial charge in [-0.2, -0.15) is 0 Å². The Bertz CT molecular complexity index is 472. The molecule has 2 aromatic carbocycles. The van der Waals surface area contributed by atoms with Crippen LogP contribution in [-0.2, 0) is 9.47 Å². The van der Waals surface area contributed by atoms with Gasteiger partial charge in [0, 0.05) is 14.2 Å². The summed E-state index contributed by atoms with van der Waals surface area (Å²) >= 11 is 0. The topological polar surface area (TPSA) is 46.2 Å². The summed E-state index contributed by atoms with van der Waals surface area (Å²) in [5.74, 6) is 2.91. The Hall–Kier alpha value is -2.24. The maximum Gasteiger partial charge on any atom is 0.188 e. The van der Waals surface area contributed by atoms with Crippen molar-refractivity contribution in [1.82, 2.24) is 0 Å². The smallest absolute Gasteiger partial charge is 0.188 e. The highest BCUT2D eigenvalue weighted by molar-refractivity contribution is 5.37. The summed E-state index contributed by atoms with van der Waals surface area (Å²) in [5, 5.41) is 0. The van der Waals surface area contributed by atoms with Gasteiger partial charge in [-0.3, -0.25) is 0 Å². The van der Waals surface area contributed by atoms with Gasteiger partial charge < -0.3 is 23.7 Å². The minimum Gasteiger partial charge on any atom is -0.468 e. The van der Waals surface area contributed by atoms with Crippen molar-refractivity contribution >= 4 is 0 Å². The highest BCUT2D eigenvalue weighted by Gasteiger charge is 2.00. The van der Waals surface area contributed by atoms with Crippen molar-refractivity contribution in [2.45, 2.75) is 0 Å². The maximum atomic E-state index is 5.72. The molecule has 21 heavy (non-hydrogen) atoms. The number of hydrogen-bond acceptors (Lipinski definition) is 5. The Kier molecular flexibility index (Phi) is 5.87. The minimum atomic E-state index is 0.225. The highest BCUT2D eigenvalue weighted by Crippen LogP contribution is 2.25. The molecule has 0 aliphatic carbocycles. The molecule has 0 N–H and O–H groups in total. The standard InChI is InChI=1S/C16H18O5/c1-17-11-19-13-3-7-15(8-4-13)21-16-9-5-14(6-10-16)20-12-18-2/h3-10H,11-12H2,1-2H3. The van der Waals surface area contributed by atoms with Crippen LogP contribution in [0.25, 0.3) is 0 Å². The van der Waals surface area contributed by atoms with Crippen molar-refractivity contribution < 1.29 is 23.7 Å². The average molecular weight is 290 g/mol. The Balaban J connectivity index is 1.91. The lowest BCUT2D eigenvalue weighted by molar-refractivity contribution is 0.0510. The molecule has 0 aliphatic rings. The zero-order valence-electron chi connectivity index (χ0n) is 12.1. The van der Waals surface area contributed by atoms with Gasteiger partial charge in [0.1, 0.15) is 23.0 Å². The molecule has 5 nitrogen and oxygen atoms in total. The molecule has 0 aliphatic heterocycles. The van der Waals surface area contributed by atoms with E-state index in [9.17, 15) is 0 Å². The van der Waals surface area contributed by atoms with Gasteiger partial charge in [0.05, 0.1) is 0 Å². The van der Waals surface area contributed by atoms with Crippen LogP contribution >= 0.6 is 0 Å². The van der Waals surface area contributed by atoms with Crippen LogP contribution in [0.3, 0.4) is 0 Å². The summed E-state index contributed by atoms with van der Waals surface area (Å²) < 4.78 is 26.0. The van der Waals surface area contributed by atoms with E-state index >= 15 is 0 Å². The van der Waals surface area contributed by atoms with E-state index in [1.165, 1.54) is 0 Å². The van der Waals surface area contributed by atoms with Crippen molar-refractivity contribution in [2.75, 3.05) is 27.8 Å². The van der Waals surface area contributed by atoms with E-state index in [0.717, 1.165) is 23.0 Å². The fourth-order valence-electron chi connectivity index (χ4n) is 1.60. The Morgan fingerprint density at radius 2 is 0.905 bits per heavy atom. The van der Waals surface area contributed by atoms with Gasteiger partial charge >= 0.3 is 0 Å². The van der Waals surface area contributed by atoms with Gasteiger partial charge in [0.2, 0.25) is 0 Å². The molecule has 0 amide bonds. The second kappa shape index (κ2) is 8.14. The van der Waals surface area contributed by atoms with E-state index < -0.39 is 0 Å². The molecule has 0 aromatic heterocycles. The van der Waals surface area contributed by atoms with Crippen molar-refractivity contribution in [3.63, 3.8) is 0 Å². The van der Waals surface area contributed by atoms with Crippen LogP contribution in [0.5, 0.6) is 23.0 Å². The molecule has 0 saturated carbocycles. The van der Waals surface area contributed by atoms with E-state index in [4.69, 9.17) is 23.7 Å². The second-order valence-electron chi connectivity index (χ2n) is 4.15. The summed E-state index contributed by atoms with van der Waals surface area (Å²) in [6.07, 6.45) is 0. The van der Waals surface area contributed by atoms with Crippen LogP contribution in [0.4, 0.5) is 0 Å². The van der Waals surface area contributed by atoms with Gasteiger partial charge in [-0.25, -0.2) is 0 Å². The molecule has 5 heteroatoms.